The normalized spacial score (nSPS) is 16.2. The molecule has 0 spiro atoms. The van der Waals surface area contributed by atoms with Crippen LogP contribution in [0.2, 0.25) is 0 Å². The van der Waals surface area contributed by atoms with Gasteiger partial charge in [-0.2, -0.15) is 13.2 Å². The number of nitrogens with zero attached hydrogens (tertiary/aromatic N) is 2. The van der Waals surface area contributed by atoms with E-state index in [0.717, 1.165) is 11.1 Å². The fourth-order valence-electron chi connectivity index (χ4n) is 2.96. The number of urea groups is 1. The van der Waals surface area contributed by atoms with Crippen LogP contribution in [0.4, 0.5) is 18.0 Å². The maximum Gasteiger partial charge on any atom is 0.405 e. The zero-order valence-corrected chi connectivity index (χ0v) is 16.4. The summed E-state index contributed by atoms with van der Waals surface area (Å²) in [7, 11) is 0. The first-order valence-corrected chi connectivity index (χ1v) is 9.28. The first-order chi connectivity index (χ1) is 13.5. The maximum absolute atomic E-state index is 12.4. The Bertz CT molecular complexity index is 729. The number of aryl methyl sites for hydroxylation is 1. The molecule has 1 aromatic rings. The molecule has 1 aliphatic heterocycles. The predicted octanol–water partition coefficient (Wildman–Crippen LogP) is 1.46. The minimum atomic E-state index is -4.55. The summed E-state index contributed by atoms with van der Waals surface area (Å²) in [5, 5.41) is 3.50. The number of hydrogen-bond donors (Lipinski definition) is 2. The maximum atomic E-state index is 12.4. The SMILES string of the molecule is Cc1ccc(CC(=O)N2CCN([C@@H](C)C(=O)NC(=O)NCC(F)(F)F)CC2)cc1. The van der Waals surface area contributed by atoms with Gasteiger partial charge in [0.15, 0.2) is 0 Å². The van der Waals surface area contributed by atoms with Crippen molar-refractivity contribution in [3.05, 3.63) is 35.4 Å². The Kier molecular flexibility index (Phi) is 7.60. The number of carbonyl (C=O) groups is 3. The van der Waals surface area contributed by atoms with Gasteiger partial charge in [-0.1, -0.05) is 29.8 Å². The summed E-state index contributed by atoms with van der Waals surface area (Å²) in [6.07, 6.45) is -4.25. The first-order valence-electron chi connectivity index (χ1n) is 9.28. The largest absolute Gasteiger partial charge is 0.405 e. The second-order valence-corrected chi connectivity index (χ2v) is 7.04. The van der Waals surface area contributed by atoms with Crippen molar-refractivity contribution in [3.8, 4) is 0 Å². The number of halogens is 3. The second-order valence-electron chi connectivity index (χ2n) is 7.04. The van der Waals surface area contributed by atoms with E-state index < -0.39 is 30.7 Å². The number of hydrogen-bond acceptors (Lipinski definition) is 4. The molecule has 10 heteroatoms. The van der Waals surface area contributed by atoms with Crippen molar-refractivity contribution < 1.29 is 27.6 Å². The third-order valence-corrected chi connectivity index (χ3v) is 4.76. The van der Waals surface area contributed by atoms with E-state index in [0.29, 0.717) is 32.6 Å². The van der Waals surface area contributed by atoms with E-state index >= 15 is 0 Å². The van der Waals surface area contributed by atoms with Crippen LogP contribution >= 0.6 is 0 Å². The standard InChI is InChI=1S/C19H25F3N4O3/c1-13-3-5-15(6-4-13)11-16(27)26-9-7-25(8-10-26)14(2)17(28)24-18(29)23-12-19(20,21)22/h3-6,14H,7-12H2,1-2H3,(H2,23,24,28,29)/t14-/m0/s1. The summed E-state index contributed by atoms with van der Waals surface area (Å²) in [4.78, 5) is 39.4. The zero-order chi connectivity index (χ0) is 21.6. The van der Waals surface area contributed by atoms with Gasteiger partial charge >= 0.3 is 12.2 Å². The lowest BCUT2D eigenvalue weighted by molar-refractivity contribution is -0.133. The molecule has 160 valence electrons. The van der Waals surface area contributed by atoms with Gasteiger partial charge < -0.3 is 10.2 Å². The van der Waals surface area contributed by atoms with Crippen molar-refractivity contribution in [2.24, 2.45) is 0 Å². The van der Waals surface area contributed by atoms with Crippen LogP contribution in [-0.2, 0) is 16.0 Å². The average Bonchev–Trinajstić information content (AvgIpc) is 2.67. The lowest BCUT2D eigenvalue weighted by atomic mass is 10.1. The van der Waals surface area contributed by atoms with Crippen LogP contribution in [0.3, 0.4) is 0 Å². The van der Waals surface area contributed by atoms with Crippen LogP contribution in [-0.4, -0.2) is 72.6 Å². The highest BCUT2D eigenvalue weighted by Crippen LogP contribution is 2.12. The fraction of sp³-hybridized carbons (Fsp3) is 0.526. The number of nitrogens with one attached hydrogen (secondary N) is 2. The minimum absolute atomic E-state index is 0.00265. The van der Waals surface area contributed by atoms with Gasteiger partial charge in [0.05, 0.1) is 12.5 Å². The molecule has 2 rings (SSSR count). The van der Waals surface area contributed by atoms with E-state index in [1.54, 1.807) is 22.0 Å². The molecule has 7 nitrogen and oxygen atoms in total. The van der Waals surface area contributed by atoms with Gasteiger partial charge in [0, 0.05) is 26.2 Å². The molecule has 0 radical (unpaired) electrons. The molecular weight excluding hydrogens is 389 g/mol. The van der Waals surface area contributed by atoms with E-state index in [9.17, 15) is 27.6 Å². The van der Waals surface area contributed by atoms with Crippen LogP contribution in [0.5, 0.6) is 0 Å². The van der Waals surface area contributed by atoms with Gasteiger partial charge in [0.2, 0.25) is 11.8 Å². The van der Waals surface area contributed by atoms with E-state index in [4.69, 9.17) is 0 Å². The Morgan fingerprint density at radius 3 is 2.21 bits per heavy atom. The van der Waals surface area contributed by atoms with Gasteiger partial charge in [-0.15, -0.1) is 0 Å². The third kappa shape index (κ3) is 7.37. The van der Waals surface area contributed by atoms with Gasteiger partial charge in [-0.25, -0.2) is 4.79 Å². The number of rotatable bonds is 5. The molecule has 0 bridgehead atoms. The number of piperazine rings is 1. The molecule has 1 aromatic carbocycles. The van der Waals surface area contributed by atoms with Crippen LogP contribution in [0.15, 0.2) is 24.3 Å². The average molecular weight is 414 g/mol. The van der Waals surface area contributed by atoms with E-state index in [-0.39, 0.29) is 5.91 Å². The minimum Gasteiger partial charge on any atom is -0.340 e. The van der Waals surface area contributed by atoms with Gasteiger partial charge in [-0.3, -0.25) is 19.8 Å². The second kappa shape index (κ2) is 9.73. The van der Waals surface area contributed by atoms with Gasteiger partial charge in [0.25, 0.3) is 0 Å². The number of imide groups is 1. The van der Waals surface area contributed by atoms with Crippen LogP contribution in [0, 0.1) is 6.92 Å². The molecule has 1 heterocycles. The molecule has 1 fully saturated rings. The van der Waals surface area contributed by atoms with Crippen molar-refractivity contribution in [1.29, 1.82) is 0 Å². The molecule has 1 atom stereocenters. The lowest BCUT2D eigenvalue weighted by Crippen LogP contribution is -2.56. The highest BCUT2D eigenvalue weighted by atomic mass is 19.4. The van der Waals surface area contributed by atoms with Crippen molar-refractivity contribution in [2.75, 3.05) is 32.7 Å². The summed E-state index contributed by atoms with van der Waals surface area (Å²) >= 11 is 0. The Morgan fingerprint density at radius 1 is 1.07 bits per heavy atom. The monoisotopic (exact) mass is 414 g/mol. The highest BCUT2D eigenvalue weighted by molar-refractivity contribution is 5.96. The molecule has 0 saturated carbocycles. The molecule has 4 amide bonds. The predicted molar refractivity (Wildman–Crippen MR) is 100 cm³/mol. The number of amides is 4. The lowest BCUT2D eigenvalue weighted by Gasteiger charge is -2.37. The number of alkyl halides is 3. The Hall–Kier alpha value is -2.62. The van der Waals surface area contributed by atoms with Crippen LogP contribution in [0.1, 0.15) is 18.1 Å². The van der Waals surface area contributed by atoms with Crippen molar-refractivity contribution >= 4 is 17.8 Å². The summed E-state index contributed by atoms with van der Waals surface area (Å²) in [6, 6.07) is 5.84. The van der Waals surface area contributed by atoms with Gasteiger partial charge in [0.1, 0.15) is 6.54 Å². The number of benzene rings is 1. The van der Waals surface area contributed by atoms with Crippen molar-refractivity contribution in [2.45, 2.75) is 32.5 Å². The van der Waals surface area contributed by atoms with Crippen molar-refractivity contribution in [3.63, 3.8) is 0 Å². The molecule has 0 aliphatic carbocycles. The molecular formula is C19H25F3N4O3. The van der Waals surface area contributed by atoms with E-state index in [1.807, 2.05) is 36.5 Å². The molecule has 29 heavy (non-hydrogen) atoms. The van der Waals surface area contributed by atoms with E-state index in [2.05, 4.69) is 0 Å². The fourth-order valence-corrected chi connectivity index (χ4v) is 2.96. The van der Waals surface area contributed by atoms with Crippen molar-refractivity contribution in [1.82, 2.24) is 20.4 Å². The molecule has 0 unspecified atom stereocenters. The molecule has 2 N–H and O–H groups in total. The highest BCUT2D eigenvalue weighted by Gasteiger charge is 2.30. The van der Waals surface area contributed by atoms with Gasteiger partial charge in [-0.05, 0) is 19.4 Å². The topological polar surface area (TPSA) is 81.8 Å². The third-order valence-electron chi connectivity index (χ3n) is 4.76. The van der Waals surface area contributed by atoms with Crippen LogP contribution in [0.25, 0.3) is 0 Å². The molecule has 1 saturated heterocycles. The summed E-state index contributed by atoms with van der Waals surface area (Å²) in [6.45, 7) is 3.75. The first kappa shape index (κ1) is 22.7. The Balaban J connectivity index is 1.77. The molecule has 1 aliphatic rings. The number of carbonyl (C=O) groups excluding carboxylic acids is 3. The Labute approximate surface area is 167 Å². The summed E-state index contributed by atoms with van der Waals surface area (Å²) < 4.78 is 36.3. The van der Waals surface area contributed by atoms with Crippen LogP contribution < -0.4 is 10.6 Å². The smallest absolute Gasteiger partial charge is 0.340 e. The molecule has 0 aromatic heterocycles. The van der Waals surface area contributed by atoms with E-state index in [1.165, 1.54) is 0 Å². The quantitative estimate of drug-likeness (QED) is 0.765. The summed E-state index contributed by atoms with van der Waals surface area (Å²) in [5.41, 5.74) is 2.05. The zero-order valence-electron chi connectivity index (χ0n) is 16.4. The summed E-state index contributed by atoms with van der Waals surface area (Å²) in [5.74, 6) is -0.693. The Morgan fingerprint density at radius 2 is 1.66 bits per heavy atom.